The largest absolute Gasteiger partial charge is 0.494 e. The number of para-hydroxylation sites is 2. The molecule has 12 rings (SSSR count). The highest BCUT2D eigenvalue weighted by Gasteiger charge is 2.53. The summed E-state index contributed by atoms with van der Waals surface area (Å²) in [6.07, 6.45) is 0. The summed E-state index contributed by atoms with van der Waals surface area (Å²) in [5.41, 5.74) is 15.8. The molecule has 0 aliphatic carbocycles. The van der Waals surface area contributed by atoms with E-state index in [0.29, 0.717) is 0 Å². The summed E-state index contributed by atoms with van der Waals surface area (Å²) in [7, 11) is -0.931. The molecule has 0 atom stereocenters. The lowest BCUT2D eigenvalue weighted by Crippen LogP contribution is -2.41. The number of benzene rings is 8. The molecule has 3 aliphatic heterocycles. The summed E-state index contributed by atoms with van der Waals surface area (Å²) in [4.78, 5) is 4.77. The molecule has 3 aliphatic rings. The lowest BCUT2D eigenvalue weighted by atomic mass is 9.79. The minimum absolute atomic E-state index is 0.168. The minimum Gasteiger partial charge on any atom is -0.457 e. The van der Waals surface area contributed by atoms with Crippen LogP contribution >= 0.6 is 0 Å². The van der Waals surface area contributed by atoms with Gasteiger partial charge in [-0.3, -0.25) is 0 Å². The normalized spacial score (nSPS) is 17.3. The van der Waals surface area contributed by atoms with Crippen LogP contribution in [0.4, 0.5) is 34.1 Å². The molecule has 376 valence electrons. The van der Waals surface area contributed by atoms with Crippen molar-refractivity contribution in [1.82, 2.24) is 4.57 Å². The maximum Gasteiger partial charge on any atom is 0.494 e. The molecule has 0 unspecified atom stereocenters. The van der Waals surface area contributed by atoms with E-state index in [2.05, 4.69) is 267 Å². The Hall–Kier alpha value is -7.07. The van der Waals surface area contributed by atoms with Gasteiger partial charge in [-0.2, -0.15) is 0 Å². The highest BCUT2D eigenvalue weighted by molar-refractivity contribution is 6.62. The second-order valence-electron chi connectivity index (χ2n) is 23.0. The molecule has 2 fully saturated rings. The Kier molecular flexibility index (Phi) is 11.6. The van der Waals surface area contributed by atoms with Crippen molar-refractivity contribution in [3.8, 4) is 11.5 Å². The quantitative estimate of drug-likeness (QED) is 0.134. The van der Waals surface area contributed by atoms with Crippen molar-refractivity contribution in [3.05, 3.63) is 203 Å². The Morgan fingerprint density at radius 1 is 0.400 bits per heavy atom. The molecule has 10 heteroatoms. The first-order valence-corrected chi connectivity index (χ1v) is 26.4. The van der Waals surface area contributed by atoms with Crippen LogP contribution in [0.3, 0.4) is 0 Å². The molecule has 0 spiro atoms. The monoisotopic (exact) mass is 990 g/mol. The third-order valence-corrected chi connectivity index (χ3v) is 16.7. The van der Waals surface area contributed by atoms with Crippen LogP contribution in [0, 0.1) is 27.7 Å². The number of hydrogen-bond donors (Lipinski definition) is 0. The van der Waals surface area contributed by atoms with Crippen molar-refractivity contribution < 1.29 is 23.4 Å². The zero-order valence-electron chi connectivity index (χ0n) is 45.3. The second kappa shape index (κ2) is 17.8. The summed E-state index contributed by atoms with van der Waals surface area (Å²) in [5.74, 6) is 1.72. The van der Waals surface area contributed by atoms with E-state index >= 15 is 0 Å². The fraction of sp³-hybridized carbons (Fsp3) is 0.262. The topological polar surface area (TPSA) is 57.6 Å². The van der Waals surface area contributed by atoms with E-state index in [1.165, 1.54) is 22.3 Å². The van der Waals surface area contributed by atoms with Gasteiger partial charge in [-0.25, -0.2) is 0 Å². The number of hydrogen-bond acceptors (Lipinski definition) is 7. The van der Waals surface area contributed by atoms with Gasteiger partial charge in [0.25, 0.3) is 0 Å². The van der Waals surface area contributed by atoms with Crippen molar-refractivity contribution in [2.24, 2.45) is 0 Å². The van der Waals surface area contributed by atoms with Crippen LogP contribution in [0.5, 0.6) is 11.5 Å². The van der Waals surface area contributed by atoms with Gasteiger partial charge in [0.1, 0.15) is 11.5 Å². The number of nitrogens with zero attached hydrogens (tertiary/aromatic N) is 3. The minimum atomic E-state index is -0.466. The average molecular weight is 990 g/mol. The van der Waals surface area contributed by atoms with Crippen LogP contribution < -0.4 is 25.5 Å². The van der Waals surface area contributed by atoms with E-state index in [4.69, 9.17) is 23.4 Å². The fourth-order valence-electron chi connectivity index (χ4n) is 11.2. The lowest BCUT2D eigenvalue weighted by Gasteiger charge is -2.32. The summed E-state index contributed by atoms with van der Waals surface area (Å²) in [5, 5.41) is 2.26. The molecule has 4 heterocycles. The third kappa shape index (κ3) is 8.25. The van der Waals surface area contributed by atoms with Gasteiger partial charge in [-0.05, 0) is 190 Å². The Labute approximate surface area is 443 Å². The SMILES string of the molecule is Cc1ccc(N(c2ccc(B3OC(C)(C)C(C)(C)O3)cc2)c2ccc3c(c2)c2cc(N(c4ccc(B5OC(C)(C)C(C)(C)O5)cc4)c4ccc(C)cc4C)ccc2n3C2c3ccccc3Oc3ccccc32)c(C)c1. The maximum absolute atomic E-state index is 6.63. The molecule has 2 saturated heterocycles. The van der Waals surface area contributed by atoms with Crippen LogP contribution in [0.1, 0.15) is 94.8 Å². The molecule has 0 bridgehead atoms. The lowest BCUT2D eigenvalue weighted by molar-refractivity contribution is 0.00578. The molecular weight excluding hydrogens is 924 g/mol. The van der Waals surface area contributed by atoms with Crippen LogP contribution in [0.15, 0.2) is 170 Å². The van der Waals surface area contributed by atoms with Crippen LogP contribution in [-0.4, -0.2) is 41.2 Å². The van der Waals surface area contributed by atoms with Crippen LogP contribution in [-0.2, 0) is 18.6 Å². The van der Waals surface area contributed by atoms with Crippen molar-refractivity contribution in [3.63, 3.8) is 0 Å². The number of aromatic nitrogens is 1. The van der Waals surface area contributed by atoms with Gasteiger partial charge in [0.05, 0.1) is 39.5 Å². The van der Waals surface area contributed by atoms with E-state index in [-0.39, 0.29) is 6.04 Å². The van der Waals surface area contributed by atoms with E-state index in [1.54, 1.807) is 0 Å². The zero-order valence-corrected chi connectivity index (χ0v) is 45.3. The first-order valence-electron chi connectivity index (χ1n) is 26.4. The van der Waals surface area contributed by atoms with Crippen molar-refractivity contribution >= 4 is 81.1 Å². The molecule has 0 amide bonds. The summed E-state index contributed by atoms with van der Waals surface area (Å²) >= 11 is 0. The number of aryl methyl sites for hydroxylation is 4. The fourth-order valence-corrected chi connectivity index (χ4v) is 11.2. The summed E-state index contributed by atoms with van der Waals surface area (Å²) in [6.45, 7) is 25.5. The van der Waals surface area contributed by atoms with E-state index in [1.807, 2.05) is 0 Å². The predicted molar refractivity (Wildman–Crippen MR) is 309 cm³/mol. The maximum atomic E-state index is 6.63. The van der Waals surface area contributed by atoms with E-state index < -0.39 is 36.6 Å². The molecule has 8 nitrogen and oxygen atoms in total. The molecular formula is C65H65B2N3O5. The highest BCUT2D eigenvalue weighted by Crippen LogP contribution is 2.50. The van der Waals surface area contributed by atoms with Gasteiger partial charge >= 0.3 is 14.2 Å². The predicted octanol–water partition coefficient (Wildman–Crippen LogP) is 15.3. The summed E-state index contributed by atoms with van der Waals surface area (Å²) in [6, 6.07) is 61.5. The van der Waals surface area contributed by atoms with Crippen molar-refractivity contribution in [1.29, 1.82) is 0 Å². The molecule has 0 radical (unpaired) electrons. The smallest absolute Gasteiger partial charge is 0.457 e. The Bertz CT molecular complexity index is 3420. The number of ether oxygens (including phenoxy) is 1. The van der Waals surface area contributed by atoms with E-state index in [0.717, 1.165) is 89.5 Å². The van der Waals surface area contributed by atoms with Gasteiger partial charge < -0.3 is 37.7 Å². The van der Waals surface area contributed by atoms with E-state index in [9.17, 15) is 0 Å². The molecule has 9 aromatic rings. The van der Waals surface area contributed by atoms with Crippen LogP contribution in [0.25, 0.3) is 21.8 Å². The summed E-state index contributed by atoms with van der Waals surface area (Å²) < 4.78 is 35.2. The van der Waals surface area contributed by atoms with Gasteiger partial charge in [0, 0.05) is 56.0 Å². The number of anilines is 6. The Morgan fingerprint density at radius 3 is 1.13 bits per heavy atom. The molecule has 8 aromatic carbocycles. The molecule has 0 N–H and O–H groups in total. The Morgan fingerprint density at radius 2 is 0.760 bits per heavy atom. The third-order valence-electron chi connectivity index (χ3n) is 16.7. The van der Waals surface area contributed by atoms with Crippen molar-refractivity contribution in [2.75, 3.05) is 9.80 Å². The number of fused-ring (bicyclic) bond motifs is 5. The average Bonchev–Trinajstić information content (AvgIpc) is 3.94. The molecule has 1 aromatic heterocycles. The highest BCUT2D eigenvalue weighted by atomic mass is 16.7. The second-order valence-corrected chi connectivity index (χ2v) is 23.0. The number of rotatable bonds is 9. The standard InChI is InChI=1S/C65H65B2N3O5/c1-41-21-33-55(43(3)37-41)68(47-27-23-45(24-28-47)66-72-62(5,6)63(7,8)73-66)49-31-35-57-53(39-49)54-40-50(32-36-58(54)70(57)61-51-17-13-15-19-59(51)71-60-20-16-14-18-52(60)61)69(56-34-22-42(2)38-44(56)4)48-29-25-46(26-30-48)67-74-64(9,10)65(11,12)75-67/h13-40,61H,1-12H3. The first kappa shape index (κ1) is 48.8. The van der Waals surface area contributed by atoms with Gasteiger partial charge in [0.15, 0.2) is 0 Å². The van der Waals surface area contributed by atoms with Gasteiger partial charge in [0.2, 0.25) is 0 Å². The zero-order chi connectivity index (χ0) is 52.3. The first-order chi connectivity index (χ1) is 35.8. The molecule has 75 heavy (non-hydrogen) atoms. The van der Waals surface area contributed by atoms with Gasteiger partial charge in [-0.15, -0.1) is 0 Å². The van der Waals surface area contributed by atoms with Crippen LogP contribution in [0.2, 0.25) is 0 Å². The molecule has 0 saturated carbocycles. The Balaban J connectivity index is 1.06. The van der Waals surface area contributed by atoms with Gasteiger partial charge in [-0.1, -0.05) is 96.1 Å². The van der Waals surface area contributed by atoms with Crippen molar-refractivity contribution in [2.45, 2.75) is 112 Å².